The number of amides is 1. The number of quaternary nitrogens is 1. The molecule has 1 fully saturated rings. The van der Waals surface area contributed by atoms with Crippen LogP contribution >= 0.6 is 0 Å². The summed E-state index contributed by atoms with van der Waals surface area (Å²) in [5.41, 5.74) is 4.56. The summed E-state index contributed by atoms with van der Waals surface area (Å²) in [6, 6.07) is 4.94. The molecule has 0 aliphatic carbocycles. The Balaban J connectivity index is 2.15. The van der Waals surface area contributed by atoms with Crippen LogP contribution in [0.5, 0.6) is 0 Å². The van der Waals surface area contributed by atoms with E-state index in [-0.39, 0.29) is 11.9 Å². The maximum absolute atomic E-state index is 12.7. The van der Waals surface area contributed by atoms with Crippen molar-refractivity contribution < 1.29 is 9.69 Å². The highest BCUT2D eigenvalue weighted by Crippen LogP contribution is 2.22. The molecule has 0 aromatic heterocycles. The number of likely N-dealkylation sites (tertiary alicyclic amines) is 1. The molecule has 1 saturated heterocycles. The topological polar surface area (TPSA) is 33.5 Å². The van der Waals surface area contributed by atoms with E-state index >= 15 is 0 Å². The molecule has 0 bridgehead atoms. The number of anilines is 1. The second kappa shape index (κ2) is 6.61. The van der Waals surface area contributed by atoms with Gasteiger partial charge in [-0.1, -0.05) is 24.6 Å². The Morgan fingerprint density at radius 2 is 1.95 bits per heavy atom. The average molecular weight is 289 g/mol. The zero-order valence-electron chi connectivity index (χ0n) is 14.0. The number of benzene rings is 1. The zero-order valence-corrected chi connectivity index (χ0v) is 14.0. The van der Waals surface area contributed by atoms with Gasteiger partial charge in [0.25, 0.3) is 5.91 Å². The van der Waals surface area contributed by atoms with E-state index in [0.29, 0.717) is 6.04 Å². The Morgan fingerprint density at radius 1 is 1.33 bits per heavy atom. The predicted octanol–water partition coefficient (Wildman–Crippen LogP) is 2.40. The highest BCUT2D eigenvalue weighted by Gasteiger charge is 2.37. The van der Waals surface area contributed by atoms with Gasteiger partial charge in [-0.3, -0.25) is 4.79 Å². The van der Waals surface area contributed by atoms with Crippen LogP contribution in [0.2, 0.25) is 0 Å². The SMILES string of the molecule is CC[C@H](C)[NH+]1CCC[C@@H]1C(=O)Nc1c(C)cc(C)cc1C. The van der Waals surface area contributed by atoms with Crippen molar-refractivity contribution >= 4 is 11.6 Å². The first-order chi connectivity index (χ1) is 9.93. The fraction of sp³-hybridized carbons (Fsp3) is 0.611. The Bertz CT molecular complexity index is 501. The number of aryl methyl sites for hydroxylation is 3. The summed E-state index contributed by atoms with van der Waals surface area (Å²) >= 11 is 0. The minimum Gasteiger partial charge on any atom is -0.323 e. The van der Waals surface area contributed by atoms with E-state index in [0.717, 1.165) is 42.6 Å². The highest BCUT2D eigenvalue weighted by atomic mass is 16.2. The first kappa shape index (κ1) is 16.0. The summed E-state index contributed by atoms with van der Waals surface area (Å²) in [5, 5.41) is 3.20. The van der Waals surface area contributed by atoms with E-state index in [9.17, 15) is 4.79 Å². The lowest BCUT2D eigenvalue weighted by molar-refractivity contribution is -0.926. The summed E-state index contributed by atoms with van der Waals surface area (Å²) in [4.78, 5) is 14.2. The number of hydrogen-bond donors (Lipinski definition) is 2. The lowest BCUT2D eigenvalue weighted by atomic mass is 10.0. The summed E-state index contributed by atoms with van der Waals surface area (Å²) < 4.78 is 0. The van der Waals surface area contributed by atoms with Crippen molar-refractivity contribution in [2.45, 2.75) is 66.0 Å². The Kier molecular flexibility index (Phi) is 5.04. The third-order valence-electron chi connectivity index (χ3n) is 4.89. The fourth-order valence-corrected chi connectivity index (χ4v) is 3.61. The molecule has 3 atom stereocenters. The molecule has 21 heavy (non-hydrogen) atoms. The van der Waals surface area contributed by atoms with Crippen molar-refractivity contribution in [1.82, 2.24) is 0 Å². The van der Waals surface area contributed by atoms with Gasteiger partial charge in [0, 0.05) is 18.5 Å². The standard InChI is InChI=1S/C18H28N2O/c1-6-15(5)20-9-7-8-16(20)18(21)19-17-13(3)10-12(2)11-14(17)4/h10-11,15-16H,6-9H2,1-5H3,(H,19,21)/p+1/t15-,16+/m0/s1. The van der Waals surface area contributed by atoms with Gasteiger partial charge in [0.1, 0.15) is 0 Å². The third-order valence-corrected chi connectivity index (χ3v) is 4.89. The number of nitrogens with one attached hydrogen (secondary N) is 2. The molecule has 3 heteroatoms. The van der Waals surface area contributed by atoms with Gasteiger partial charge in [0.15, 0.2) is 6.04 Å². The number of rotatable bonds is 4. The van der Waals surface area contributed by atoms with E-state index in [1.807, 2.05) is 0 Å². The van der Waals surface area contributed by atoms with Crippen molar-refractivity contribution in [2.75, 3.05) is 11.9 Å². The molecular weight excluding hydrogens is 260 g/mol. The Hall–Kier alpha value is -1.35. The molecule has 1 aliphatic rings. The molecule has 3 nitrogen and oxygen atoms in total. The quantitative estimate of drug-likeness (QED) is 0.877. The maximum atomic E-state index is 12.7. The lowest BCUT2D eigenvalue weighted by Gasteiger charge is -2.26. The molecule has 1 unspecified atom stereocenters. The van der Waals surface area contributed by atoms with Gasteiger partial charge in [-0.05, 0) is 45.2 Å². The van der Waals surface area contributed by atoms with Gasteiger partial charge in [-0.15, -0.1) is 0 Å². The predicted molar refractivity (Wildman–Crippen MR) is 87.9 cm³/mol. The number of carbonyl (C=O) groups is 1. The van der Waals surface area contributed by atoms with Crippen LogP contribution in [0.25, 0.3) is 0 Å². The highest BCUT2D eigenvalue weighted by molar-refractivity contribution is 5.95. The molecule has 1 aliphatic heterocycles. The van der Waals surface area contributed by atoms with Crippen LogP contribution in [0.15, 0.2) is 12.1 Å². The zero-order chi connectivity index (χ0) is 15.6. The molecule has 0 radical (unpaired) electrons. The van der Waals surface area contributed by atoms with Gasteiger partial charge in [0.05, 0.1) is 12.6 Å². The van der Waals surface area contributed by atoms with Crippen LogP contribution in [0, 0.1) is 20.8 Å². The molecule has 2 N–H and O–H groups in total. The summed E-state index contributed by atoms with van der Waals surface area (Å²) in [6.07, 6.45) is 3.29. The second-order valence-electron chi connectivity index (χ2n) is 6.59. The average Bonchev–Trinajstić information content (AvgIpc) is 2.91. The summed E-state index contributed by atoms with van der Waals surface area (Å²) in [6.45, 7) is 11.8. The van der Waals surface area contributed by atoms with Gasteiger partial charge in [-0.2, -0.15) is 0 Å². The van der Waals surface area contributed by atoms with Crippen molar-refractivity contribution in [3.8, 4) is 0 Å². The molecule has 116 valence electrons. The van der Waals surface area contributed by atoms with E-state index in [2.05, 4.69) is 52.1 Å². The maximum Gasteiger partial charge on any atom is 0.282 e. The normalized spacial score (nSPS) is 23.1. The van der Waals surface area contributed by atoms with Gasteiger partial charge in [0.2, 0.25) is 0 Å². The van der Waals surface area contributed by atoms with Gasteiger partial charge >= 0.3 is 0 Å². The van der Waals surface area contributed by atoms with Gasteiger partial charge in [-0.25, -0.2) is 0 Å². The van der Waals surface area contributed by atoms with E-state index in [4.69, 9.17) is 0 Å². The Labute approximate surface area is 128 Å². The second-order valence-corrected chi connectivity index (χ2v) is 6.59. The molecule has 1 amide bonds. The molecule has 1 aromatic rings. The Morgan fingerprint density at radius 3 is 2.52 bits per heavy atom. The van der Waals surface area contributed by atoms with Crippen molar-refractivity contribution in [1.29, 1.82) is 0 Å². The minimum absolute atomic E-state index is 0.111. The van der Waals surface area contributed by atoms with Crippen LogP contribution in [0.1, 0.15) is 49.8 Å². The monoisotopic (exact) mass is 289 g/mol. The number of carbonyl (C=O) groups excluding carboxylic acids is 1. The van der Waals surface area contributed by atoms with Crippen molar-refractivity contribution in [3.63, 3.8) is 0 Å². The van der Waals surface area contributed by atoms with Gasteiger partial charge < -0.3 is 10.2 Å². The van der Waals surface area contributed by atoms with E-state index in [1.165, 1.54) is 10.5 Å². The van der Waals surface area contributed by atoms with Crippen LogP contribution < -0.4 is 10.2 Å². The molecule has 0 spiro atoms. The molecular formula is C18H29N2O+. The third kappa shape index (κ3) is 3.46. The smallest absolute Gasteiger partial charge is 0.282 e. The van der Waals surface area contributed by atoms with Crippen LogP contribution in [0.3, 0.4) is 0 Å². The fourth-order valence-electron chi connectivity index (χ4n) is 3.61. The first-order valence-electron chi connectivity index (χ1n) is 8.18. The minimum atomic E-state index is 0.111. The molecule has 1 aromatic carbocycles. The summed E-state index contributed by atoms with van der Waals surface area (Å²) in [5.74, 6) is 0.192. The largest absolute Gasteiger partial charge is 0.323 e. The van der Waals surface area contributed by atoms with Crippen molar-refractivity contribution in [2.24, 2.45) is 0 Å². The van der Waals surface area contributed by atoms with E-state index in [1.54, 1.807) is 0 Å². The van der Waals surface area contributed by atoms with Crippen LogP contribution in [-0.2, 0) is 4.79 Å². The summed E-state index contributed by atoms with van der Waals surface area (Å²) in [7, 11) is 0. The molecule has 2 rings (SSSR count). The first-order valence-corrected chi connectivity index (χ1v) is 8.18. The number of hydrogen-bond acceptors (Lipinski definition) is 1. The van der Waals surface area contributed by atoms with Crippen molar-refractivity contribution in [3.05, 3.63) is 28.8 Å². The van der Waals surface area contributed by atoms with E-state index < -0.39 is 0 Å². The van der Waals surface area contributed by atoms with Crippen LogP contribution in [-0.4, -0.2) is 24.5 Å². The van der Waals surface area contributed by atoms with Crippen LogP contribution in [0.4, 0.5) is 5.69 Å². The molecule has 0 saturated carbocycles. The molecule has 1 heterocycles. The lowest BCUT2D eigenvalue weighted by Crippen LogP contribution is -3.18.